The zero-order chi connectivity index (χ0) is 12.4. The summed E-state index contributed by atoms with van der Waals surface area (Å²) in [6, 6.07) is 2.71. The fourth-order valence-corrected chi connectivity index (χ4v) is 2.55. The summed E-state index contributed by atoms with van der Waals surface area (Å²) in [5, 5.41) is 3.42. The minimum absolute atomic E-state index is 0.635. The average Bonchev–Trinajstić information content (AvgIpc) is 3.06. The summed E-state index contributed by atoms with van der Waals surface area (Å²) in [6.45, 7) is 2.96. The van der Waals surface area contributed by atoms with E-state index < -0.39 is 0 Å². The van der Waals surface area contributed by atoms with Gasteiger partial charge >= 0.3 is 0 Å². The lowest BCUT2D eigenvalue weighted by atomic mass is 10.1. The van der Waals surface area contributed by atoms with Gasteiger partial charge in [0.1, 0.15) is 18.0 Å². The molecule has 2 fully saturated rings. The molecule has 0 bridgehead atoms. The molecule has 1 saturated heterocycles. The molecule has 0 amide bonds. The number of nitrogens with zero attached hydrogens (tertiary/aromatic N) is 3. The van der Waals surface area contributed by atoms with E-state index in [1.54, 1.807) is 6.33 Å². The molecule has 1 aromatic heterocycles. The number of nitrogens with two attached hydrogens (primary N) is 1. The van der Waals surface area contributed by atoms with Gasteiger partial charge in [-0.2, -0.15) is 0 Å². The third-order valence-corrected chi connectivity index (χ3v) is 3.77. The third kappa shape index (κ3) is 2.72. The van der Waals surface area contributed by atoms with Gasteiger partial charge in [-0.25, -0.2) is 9.97 Å². The molecule has 2 heterocycles. The van der Waals surface area contributed by atoms with E-state index >= 15 is 0 Å². The zero-order valence-electron chi connectivity index (χ0n) is 10.7. The molecular formula is C13H21N5. The predicted octanol–water partition coefficient (Wildman–Crippen LogP) is 1.23. The highest BCUT2D eigenvalue weighted by Gasteiger charge is 2.24. The summed E-state index contributed by atoms with van der Waals surface area (Å²) in [7, 11) is 0. The van der Waals surface area contributed by atoms with Crippen LogP contribution in [0.1, 0.15) is 25.7 Å². The molecule has 5 heteroatoms. The van der Waals surface area contributed by atoms with E-state index in [9.17, 15) is 0 Å². The number of hydrogen-bond acceptors (Lipinski definition) is 5. The molecule has 2 aliphatic rings. The Morgan fingerprint density at radius 1 is 1.33 bits per heavy atom. The van der Waals surface area contributed by atoms with Crippen molar-refractivity contribution in [3.05, 3.63) is 12.4 Å². The minimum atomic E-state index is 0.635. The quantitative estimate of drug-likeness (QED) is 0.819. The molecule has 3 rings (SSSR count). The Labute approximate surface area is 108 Å². The number of aromatic nitrogens is 2. The molecule has 3 N–H and O–H groups in total. The van der Waals surface area contributed by atoms with Crippen LogP contribution in [0, 0.1) is 5.92 Å². The second-order valence-electron chi connectivity index (χ2n) is 5.36. The highest BCUT2D eigenvalue weighted by Crippen LogP contribution is 2.27. The van der Waals surface area contributed by atoms with E-state index in [0.29, 0.717) is 6.04 Å². The van der Waals surface area contributed by atoms with Crippen LogP contribution in [0.15, 0.2) is 12.4 Å². The molecular weight excluding hydrogens is 226 g/mol. The Morgan fingerprint density at radius 3 is 3.00 bits per heavy atom. The molecule has 1 aromatic rings. The highest BCUT2D eigenvalue weighted by molar-refractivity contribution is 5.50. The van der Waals surface area contributed by atoms with E-state index in [1.807, 2.05) is 0 Å². The van der Waals surface area contributed by atoms with Gasteiger partial charge in [0.2, 0.25) is 0 Å². The van der Waals surface area contributed by atoms with Gasteiger partial charge in [0.25, 0.3) is 0 Å². The Balaban J connectivity index is 1.64. The first-order valence-electron chi connectivity index (χ1n) is 6.89. The van der Waals surface area contributed by atoms with Crippen molar-refractivity contribution in [1.82, 2.24) is 9.97 Å². The monoisotopic (exact) mass is 247 g/mol. The Hall–Kier alpha value is -1.36. The second kappa shape index (κ2) is 5.10. The molecule has 1 saturated carbocycles. The molecule has 1 unspecified atom stereocenters. The van der Waals surface area contributed by atoms with E-state index in [2.05, 4.69) is 26.3 Å². The summed E-state index contributed by atoms with van der Waals surface area (Å²) >= 11 is 0. The fraction of sp³-hybridized carbons (Fsp3) is 0.692. The van der Waals surface area contributed by atoms with Crippen LogP contribution < -0.4 is 16.0 Å². The molecule has 1 aliphatic carbocycles. The van der Waals surface area contributed by atoms with Gasteiger partial charge in [-0.15, -0.1) is 0 Å². The first kappa shape index (κ1) is 11.7. The molecule has 18 heavy (non-hydrogen) atoms. The van der Waals surface area contributed by atoms with Crippen LogP contribution in [-0.2, 0) is 0 Å². The number of hydrogen-bond donors (Lipinski definition) is 2. The van der Waals surface area contributed by atoms with E-state index in [1.165, 1.54) is 19.3 Å². The molecule has 98 valence electrons. The van der Waals surface area contributed by atoms with Crippen molar-refractivity contribution in [3.8, 4) is 0 Å². The Bertz CT molecular complexity index is 404. The van der Waals surface area contributed by atoms with Crippen molar-refractivity contribution in [2.75, 3.05) is 29.9 Å². The van der Waals surface area contributed by atoms with Crippen LogP contribution >= 0.6 is 0 Å². The van der Waals surface area contributed by atoms with Crippen molar-refractivity contribution in [1.29, 1.82) is 0 Å². The van der Waals surface area contributed by atoms with Crippen LogP contribution in [0.5, 0.6) is 0 Å². The van der Waals surface area contributed by atoms with Gasteiger partial charge in [-0.05, 0) is 38.1 Å². The van der Waals surface area contributed by atoms with Gasteiger partial charge in [0.15, 0.2) is 0 Å². The SMILES string of the molecule is NCCC1CCN(c2cc(NC3CC3)ncn2)C1. The normalized spacial score (nSPS) is 23.4. The molecule has 5 nitrogen and oxygen atoms in total. The molecule has 0 radical (unpaired) electrons. The predicted molar refractivity (Wildman–Crippen MR) is 72.7 cm³/mol. The summed E-state index contributed by atoms with van der Waals surface area (Å²) in [5.74, 6) is 2.74. The van der Waals surface area contributed by atoms with Crippen molar-refractivity contribution in [2.45, 2.75) is 31.7 Å². The van der Waals surface area contributed by atoms with Crippen LogP contribution in [0.25, 0.3) is 0 Å². The van der Waals surface area contributed by atoms with Crippen molar-refractivity contribution in [2.24, 2.45) is 11.7 Å². The third-order valence-electron chi connectivity index (χ3n) is 3.77. The maximum absolute atomic E-state index is 5.62. The minimum Gasteiger partial charge on any atom is -0.367 e. The second-order valence-corrected chi connectivity index (χ2v) is 5.36. The smallest absolute Gasteiger partial charge is 0.134 e. The summed E-state index contributed by atoms with van der Waals surface area (Å²) in [6.07, 6.45) is 6.54. The van der Waals surface area contributed by atoms with Crippen LogP contribution in [0.4, 0.5) is 11.6 Å². The number of rotatable bonds is 5. The van der Waals surface area contributed by atoms with Crippen LogP contribution in [-0.4, -0.2) is 35.6 Å². The van der Waals surface area contributed by atoms with Gasteiger partial charge in [0, 0.05) is 25.2 Å². The first-order valence-corrected chi connectivity index (χ1v) is 6.89. The van der Waals surface area contributed by atoms with Crippen molar-refractivity contribution >= 4 is 11.6 Å². The van der Waals surface area contributed by atoms with Crippen LogP contribution in [0.2, 0.25) is 0 Å². The average molecular weight is 247 g/mol. The lowest BCUT2D eigenvalue weighted by Crippen LogP contribution is -2.22. The topological polar surface area (TPSA) is 67.1 Å². The Morgan fingerprint density at radius 2 is 2.22 bits per heavy atom. The molecule has 1 aliphatic heterocycles. The van der Waals surface area contributed by atoms with E-state index in [0.717, 1.165) is 43.6 Å². The first-order chi connectivity index (χ1) is 8.85. The lowest BCUT2D eigenvalue weighted by molar-refractivity contribution is 0.546. The van der Waals surface area contributed by atoms with Gasteiger partial charge < -0.3 is 16.0 Å². The molecule has 0 aromatic carbocycles. The maximum atomic E-state index is 5.62. The zero-order valence-corrected chi connectivity index (χ0v) is 10.7. The van der Waals surface area contributed by atoms with Gasteiger partial charge in [0.05, 0.1) is 0 Å². The van der Waals surface area contributed by atoms with Crippen molar-refractivity contribution in [3.63, 3.8) is 0 Å². The van der Waals surface area contributed by atoms with E-state index in [-0.39, 0.29) is 0 Å². The maximum Gasteiger partial charge on any atom is 0.134 e. The fourth-order valence-electron chi connectivity index (χ4n) is 2.55. The standard InChI is InChI=1S/C13H21N5/c14-5-3-10-4-6-18(8-10)13-7-12(15-9-16-13)17-11-1-2-11/h7,9-11H,1-6,8,14H2,(H,15,16,17). The van der Waals surface area contributed by atoms with Gasteiger partial charge in [-0.3, -0.25) is 0 Å². The summed E-state index contributed by atoms with van der Waals surface area (Å²) in [5.41, 5.74) is 5.62. The van der Waals surface area contributed by atoms with Gasteiger partial charge in [-0.1, -0.05) is 0 Å². The van der Waals surface area contributed by atoms with Crippen molar-refractivity contribution < 1.29 is 0 Å². The summed E-state index contributed by atoms with van der Waals surface area (Å²) in [4.78, 5) is 11.0. The largest absolute Gasteiger partial charge is 0.367 e. The van der Waals surface area contributed by atoms with Crippen LogP contribution in [0.3, 0.4) is 0 Å². The lowest BCUT2D eigenvalue weighted by Gasteiger charge is -2.18. The number of nitrogens with one attached hydrogen (secondary N) is 1. The highest BCUT2D eigenvalue weighted by atomic mass is 15.2. The molecule has 1 atom stereocenters. The summed E-state index contributed by atoms with van der Waals surface area (Å²) < 4.78 is 0. The number of anilines is 2. The Kier molecular flexibility index (Phi) is 3.32. The van der Waals surface area contributed by atoms with E-state index in [4.69, 9.17) is 5.73 Å². The molecule has 0 spiro atoms.